The third kappa shape index (κ3) is 4.08. The summed E-state index contributed by atoms with van der Waals surface area (Å²) in [6.45, 7) is 1.93. The molecule has 1 amide bonds. The van der Waals surface area contributed by atoms with E-state index in [-0.39, 0.29) is 5.91 Å². The van der Waals surface area contributed by atoms with E-state index in [0.717, 1.165) is 25.9 Å². The van der Waals surface area contributed by atoms with Crippen molar-refractivity contribution in [2.24, 2.45) is 0 Å². The Hall–Kier alpha value is -2.04. The van der Waals surface area contributed by atoms with E-state index in [1.807, 2.05) is 36.2 Å². The lowest BCUT2D eigenvalue weighted by atomic mass is 10.0. The van der Waals surface area contributed by atoms with Crippen LogP contribution in [0.4, 0.5) is 0 Å². The Balaban J connectivity index is 1.66. The zero-order chi connectivity index (χ0) is 16.9. The predicted molar refractivity (Wildman–Crippen MR) is 96.0 cm³/mol. The second-order valence-corrected chi connectivity index (χ2v) is 6.42. The van der Waals surface area contributed by atoms with E-state index in [1.165, 1.54) is 0 Å². The van der Waals surface area contributed by atoms with Crippen LogP contribution < -0.4 is 10.1 Å². The fraction of sp³-hybridized carbons (Fsp3) is 0.316. The molecule has 1 aliphatic heterocycles. The quantitative estimate of drug-likeness (QED) is 0.912. The van der Waals surface area contributed by atoms with Gasteiger partial charge in [-0.15, -0.1) is 0 Å². The molecule has 1 saturated heterocycles. The first-order chi connectivity index (χ1) is 11.6. The van der Waals surface area contributed by atoms with Gasteiger partial charge in [0.2, 0.25) is 0 Å². The van der Waals surface area contributed by atoms with Gasteiger partial charge in [0, 0.05) is 23.7 Å². The van der Waals surface area contributed by atoms with E-state index < -0.39 is 0 Å². The van der Waals surface area contributed by atoms with E-state index in [2.05, 4.69) is 5.32 Å². The molecule has 0 radical (unpaired) electrons. The Bertz CT molecular complexity index is 697. The number of piperidine rings is 1. The van der Waals surface area contributed by atoms with Crippen LogP contribution in [-0.2, 0) is 0 Å². The minimum Gasteiger partial charge on any atom is -0.457 e. The highest BCUT2D eigenvalue weighted by atomic mass is 35.5. The van der Waals surface area contributed by atoms with E-state index >= 15 is 0 Å². The summed E-state index contributed by atoms with van der Waals surface area (Å²) in [5.74, 6) is 1.41. The number of carbonyl (C=O) groups is 1. The molecule has 24 heavy (non-hydrogen) atoms. The Labute approximate surface area is 147 Å². The molecule has 0 atom stereocenters. The average Bonchev–Trinajstić information content (AvgIpc) is 2.62. The van der Waals surface area contributed by atoms with Crippen molar-refractivity contribution in [3.05, 3.63) is 59.1 Å². The van der Waals surface area contributed by atoms with Crippen molar-refractivity contribution in [1.29, 1.82) is 0 Å². The van der Waals surface area contributed by atoms with Gasteiger partial charge in [-0.25, -0.2) is 0 Å². The van der Waals surface area contributed by atoms with Gasteiger partial charge in [0.1, 0.15) is 11.5 Å². The number of nitrogens with one attached hydrogen (secondary N) is 1. The summed E-state index contributed by atoms with van der Waals surface area (Å²) in [5, 5.41) is 3.95. The normalized spacial score (nSPS) is 15.1. The first kappa shape index (κ1) is 16.8. The average molecular weight is 345 g/mol. The van der Waals surface area contributed by atoms with Crippen LogP contribution in [0.2, 0.25) is 5.02 Å². The number of amides is 1. The minimum absolute atomic E-state index is 0.0520. The number of carbonyl (C=O) groups excluding carboxylic acids is 1. The van der Waals surface area contributed by atoms with Crippen LogP contribution in [0.1, 0.15) is 23.2 Å². The summed E-state index contributed by atoms with van der Waals surface area (Å²) in [5.41, 5.74) is 0.675. The van der Waals surface area contributed by atoms with E-state index in [9.17, 15) is 4.79 Å². The lowest BCUT2D eigenvalue weighted by molar-refractivity contribution is 0.0703. The molecule has 2 aromatic carbocycles. The summed E-state index contributed by atoms with van der Waals surface area (Å²) >= 11 is 5.95. The van der Waals surface area contributed by atoms with Gasteiger partial charge < -0.3 is 15.0 Å². The highest BCUT2D eigenvalue weighted by Crippen LogP contribution is 2.25. The highest BCUT2D eigenvalue weighted by molar-refractivity contribution is 6.30. The van der Waals surface area contributed by atoms with Crippen molar-refractivity contribution in [2.45, 2.75) is 18.9 Å². The van der Waals surface area contributed by atoms with Crippen LogP contribution in [0.25, 0.3) is 0 Å². The molecule has 1 aliphatic rings. The van der Waals surface area contributed by atoms with Gasteiger partial charge >= 0.3 is 0 Å². The van der Waals surface area contributed by atoms with E-state index in [4.69, 9.17) is 16.3 Å². The molecular weight excluding hydrogens is 324 g/mol. The zero-order valence-electron chi connectivity index (χ0n) is 13.7. The van der Waals surface area contributed by atoms with Crippen LogP contribution in [0, 0.1) is 0 Å². The second kappa shape index (κ2) is 7.69. The Kier molecular flexibility index (Phi) is 5.38. The second-order valence-electron chi connectivity index (χ2n) is 5.98. The maximum atomic E-state index is 12.6. The van der Waals surface area contributed by atoms with Gasteiger partial charge in [-0.05, 0) is 68.4 Å². The van der Waals surface area contributed by atoms with Crippen molar-refractivity contribution < 1.29 is 9.53 Å². The van der Waals surface area contributed by atoms with Crippen LogP contribution >= 0.6 is 11.6 Å². The van der Waals surface area contributed by atoms with E-state index in [1.54, 1.807) is 24.3 Å². The number of ether oxygens (including phenoxy) is 1. The van der Waals surface area contributed by atoms with Crippen LogP contribution in [-0.4, -0.2) is 37.0 Å². The number of hydrogen-bond acceptors (Lipinski definition) is 3. The number of rotatable bonds is 4. The monoisotopic (exact) mass is 344 g/mol. The molecular formula is C19H21ClN2O2. The Morgan fingerprint density at radius 2 is 1.83 bits per heavy atom. The number of benzene rings is 2. The number of halogens is 1. The first-order valence-corrected chi connectivity index (χ1v) is 8.52. The van der Waals surface area contributed by atoms with Crippen molar-refractivity contribution in [3.8, 4) is 11.5 Å². The maximum absolute atomic E-state index is 12.6. The van der Waals surface area contributed by atoms with Crippen LogP contribution in [0.15, 0.2) is 48.5 Å². The summed E-state index contributed by atoms with van der Waals surface area (Å²) < 4.78 is 5.75. The van der Waals surface area contributed by atoms with E-state index in [0.29, 0.717) is 28.1 Å². The largest absolute Gasteiger partial charge is 0.457 e. The lowest BCUT2D eigenvalue weighted by Crippen LogP contribution is -2.43. The minimum atomic E-state index is 0.0520. The van der Waals surface area contributed by atoms with Gasteiger partial charge in [-0.3, -0.25) is 4.79 Å². The summed E-state index contributed by atoms with van der Waals surface area (Å²) in [4.78, 5) is 14.5. The van der Waals surface area contributed by atoms with Crippen LogP contribution in [0.5, 0.6) is 11.5 Å². The molecule has 5 heteroatoms. The zero-order valence-corrected chi connectivity index (χ0v) is 14.4. The predicted octanol–water partition coefficient (Wildman–Crippen LogP) is 3.96. The third-order valence-electron chi connectivity index (χ3n) is 4.31. The van der Waals surface area contributed by atoms with Crippen molar-refractivity contribution in [3.63, 3.8) is 0 Å². The van der Waals surface area contributed by atoms with Crippen molar-refractivity contribution >= 4 is 17.5 Å². The van der Waals surface area contributed by atoms with Crippen LogP contribution in [0.3, 0.4) is 0 Å². The smallest absolute Gasteiger partial charge is 0.253 e. The Morgan fingerprint density at radius 1 is 1.12 bits per heavy atom. The maximum Gasteiger partial charge on any atom is 0.253 e. The number of hydrogen-bond donors (Lipinski definition) is 1. The Morgan fingerprint density at radius 3 is 2.50 bits per heavy atom. The molecule has 126 valence electrons. The van der Waals surface area contributed by atoms with Gasteiger partial charge in [-0.2, -0.15) is 0 Å². The number of nitrogens with zero attached hydrogens (tertiary/aromatic N) is 1. The highest BCUT2D eigenvalue weighted by Gasteiger charge is 2.22. The summed E-state index contributed by atoms with van der Waals surface area (Å²) in [7, 11) is 1.88. The summed E-state index contributed by atoms with van der Waals surface area (Å²) in [6.07, 6.45) is 2.00. The summed E-state index contributed by atoms with van der Waals surface area (Å²) in [6, 6.07) is 14.8. The molecule has 0 unspecified atom stereocenters. The third-order valence-corrected chi connectivity index (χ3v) is 4.54. The van der Waals surface area contributed by atoms with Crippen molar-refractivity contribution in [2.75, 3.05) is 20.1 Å². The fourth-order valence-corrected chi connectivity index (χ4v) is 3.08. The van der Waals surface area contributed by atoms with Gasteiger partial charge in [0.25, 0.3) is 5.91 Å². The van der Waals surface area contributed by atoms with Gasteiger partial charge in [0.15, 0.2) is 0 Å². The molecule has 0 bridgehead atoms. The molecule has 0 aliphatic carbocycles. The molecule has 1 N–H and O–H groups in total. The standard InChI is InChI=1S/C19H21ClN2O2/c1-22(16-9-11-21-12-10-16)19(23)14-5-7-17(8-6-14)24-18-4-2-3-15(20)13-18/h2-8,13,16,21H,9-12H2,1H3. The molecule has 4 nitrogen and oxygen atoms in total. The topological polar surface area (TPSA) is 41.6 Å². The first-order valence-electron chi connectivity index (χ1n) is 8.15. The van der Waals surface area contributed by atoms with Crippen molar-refractivity contribution in [1.82, 2.24) is 10.2 Å². The van der Waals surface area contributed by atoms with Gasteiger partial charge in [0.05, 0.1) is 0 Å². The molecule has 0 aromatic heterocycles. The molecule has 1 heterocycles. The fourth-order valence-electron chi connectivity index (χ4n) is 2.90. The SMILES string of the molecule is CN(C(=O)c1ccc(Oc2cccc(Cl)c2)cc1)C1CCNCC1. The molecule has 0 saturated carbocycles. The molecule has 1 fully saturated rings. The molecule has 3 rings (SSSR count). The van der Waals surface area contributed by atoms with Gasteiger partial charge in [-0.1, -0.05) is 17.7 Å². The molecule has 0 spiro atoms. The lowest BCUT2D eigenvalue weighted by Gasteiger charge is -2.31. The molecule has 2 aromatic rings.